The van der Waals surface area contributed by atoms with E-state index in [-0.39, 0.29) is 11.9 Å². The maximum absolute atomic E-state index is 11.7. The molecular weight excluding hydrogens is 609 g/mol. The van der Waals surface area contributed by atoms with Crippen LogP contribution in [0.15, 0.2) is 18.3 Å². The molecule has 1 amide bonds. The van der Waals surface area contributed by atoms with Gasteiger partial charge >= 0.3 is 207 Å². The molecule has 0 bridgehead atoms. The van der Waals surface area contributed by atoms with Gasteiger partial charge in [0.2, 0.25) is 0 Å². The third-order valence-corrected chi connectivity index (χ3v) is 19.5. The standard InChI is InChI=1S/C22H35N2O2Si.C2H4O2.Hg/c1-15(2)27(16(3)4,17(5)6)24-14-19(11-12-23-18(7)25)21-13-20(26-8)9-10-22(21)24;1-2(3)4;/h9-10,14-17H,11-12H2,1-8H3,(H,23,25);1H3,(H,3,4);/q;;+1/p-1. The van der Waals surface area contributed by atoms with Crippen molar-refractivity contribution in [2.45, 2.75) is 78.4 Å². The van der Waals surface area contributed by atoms with Gasteiger partial charge in [-0.1, -0.05) is 0 Å². The fourth-order valence-electron chi connectivity index (χ4n) is 5.69. The molecular formula is C24H38HgN2O4Si. The van der Waals surface area contributed by atoms with E-state index in [0.717, 1.165) is 15.2 Å². The molecule has 0 aliphatic rings. The number of aromatic nitrogens is 1. The summed E-state index contributed by atoms with van der Waals surface area (Å²) in [4.78, 5) is 23.2. The molecule has 0 fully saturated rings. The third-order valence-electron chi connectivity index (χ3n) is 6.71. The molecule has 6 nitrogen and oxygen atoms in total. The Bertz CT molecular complexity index is 947. The van der Waals surface area contributed by atoms with Gasteiger partial charge in [-0.15, -0.1) is 0 Å². The molecule has 8 heteroatoms. The van der Waals surface area contributed by atoms with Crippen LogP contribution >= 0.6 is 0 Å². The summed E-state index contributed by atoms with van der Waals surface area (Å²) in [5.74, 6) is 0.562. The first kappa shape index (κ1) is 26.9. The van der Waals surface area contributed by atoms with E-state index in [1.54, 1.807) is 14.0 Å². The molecule has 0 saturated heterocycles. The van der Waals surface area contributed by atoms with Crippen LogP contribution in [0.1, 0.15) is 61.0 Å². The van der Waals surface area contributed by atoms with Crippen molar-refractivity contribution in [3.8, 4) is 5.75 Å². The molecule has 0 saturated carbocycles. The molecule has 174 valence electrons. The Kier molecular flexibility index (Phi) is 9.40. The van der Waals surface area contributed by atoms with E-state index < -0.39 is 33.3 Å². The SMILES string of the molecule is COc1ccc2c(c(CCNC(C)=O)cn2[Si](C(C)C)(C(C)C)C(C)C)[c]1[Hg][O]C(C)=O. The van der Waals surface area contributed by atoms with Crippen LogP contribution in [-0.4, -0.2) is 38.0 Å². The molecule has 0 unspecified atom stereocenters. The Morgan fingerprint density at radius 3 is 2.12 bits per heavy atom. The van der Waals surface area contributed by atoms with Crippen LogP contribution in [0.5, 0.6) is 5.75 Å². The number of amides is 1. The van der Waals surface area contributed by atoms with Gasteiger partial charge in [0.25, 0.3) is 0 Å². The Labute approximate surface area is 206 Å². The van der Waals surface area contributed by atoms with Crippen LogP contribution in [-0.2, 0) is 43.7 Å². The summed E-state index contributed by atoms with van der Waals surface area (Å²) >= 11 is -2.22. The van der Waals surface area contributed by atoms with Crippen molar-refractivity contribution in [3.05, 3.63) is 23.9 Å². The number of methoxy groups -OCH3 is 1. The zero-order valence-electron chi connectivity index (χ0n) is 21.2. The molecule has 2 rings (SSSR count). The molecule has 1 heterocycles. The molecule has 1 aromatic heterocycles. The first-order chi connectivity index (χ1) is 15.0. The second-order valence-electron chi connectivity index (χ2n) is 9.53. The van der Waals surface area contributed by atoms with Gasteiger partial charge in [-0.05, 0) is 0 Å². The Morgan fingerprint density at radius 2 is 1.66 bits per heavy atom. The molecule has 0 aliphatic carbocycles. The number of benzene rings is 1. The summed E-state index contributed by atoms with van der Waals surface area (Å²) in [7, 11) is -0.322. The number of fused-ring (bicyclic) bond motifs is 1. The van der Waals surface area contributed by atoms with Gasteiger partial charge in [0, 0.05) is 0 Å². The van der Waals surface area contributed by atoms with E-state index in [2.05, 4.69) is 63.4 Å². The number of carbonyl (C=O) groups is 2. The van der Waals surface area contributed by atoms with Crippen LogP contribution < -0.4 is 13.1 Å². The molecule has 0 aliphatic heterocycles. The van der Waals surface area contributed by atoms with E-state index in [1.165, 1.54) is 23.4 Å². The quantitative estimate of drug-likeness (QED) is 0.385. The van der Waals surface area contributed by atoms with Crippen LogP contribution in [0.25, 0.3) is 10.9 Å². The third kappa shape index (κ3) is 5.24. The first-order valence-corrected chi connectivity index (χ1v) is 18.7. The number of nitrogens with zero attached hydrogens (tertiary/aromatic N) is 1. The van der Waals surface area contributed by atoms with Crippen molar-refractivity contribution in [1.29, 1.82) is 0 Å². The number of rotatable bonds is 10. The van der Waals surface area contributed by atoms with Crippen molar-refractivity contribution >= 4 is 34.1 Å². The molecule has 32 heavy (non-hydrogen) atoms. The summed E-state index contributed by atoms with van der Waals surface area (Å²) in [5.41, 5.74) is 4.06. The monoisotopic (exact) mass is 648 g/mol. The zero-order chi connectivity index (χ0) is 24.2. The van der Waals surface area contributed by atoms with E-state index >= 15 is 0 Å². The van der Waals surface area contributed by atoms with Gasteiger partial charge in [-0.2, -0.15) is 0 Å². The molecule has 1 N–H and O–H groups in total. The molecule has 0 spiro atoms. The number of carbonyl (C=O) groups excluding carboxylic acids is 2. The number of nitrogens with one attached hydrogen (secondary N) is 1. The minimum absolute atomic E-state index is 0.0262. The molecule has 0 radical (unpaired) electrons. The normalized spacial score (nSPS) is 11.9. The summed E-state index contributed by atoms with van der Waals surface area (Å²) in [5, 5.41) is 4.12. The summed E-state index contributed by atoms with van der Waals surface area (Å²) in [6, 6.07) is 4.21. The first-order valence-electron chi connectivity index (χ1n) is 11.6. The van der Waals surface area contributed by atoms with E-state index in [0.29, 0.717) is 23.2 Å². The average Bonchev–Trinajstić information content (AvgIpc) is 3.04. The second kappa shape index (κ2) is 11.2. The predicted octanol–water partition coefficient (Wildman–Crippen LogP) is 4.54. The van der Waals surface area contributed by atoms with Gasteiger partial charge in [0.1, 0.15) is 0 Å². The molecule has 1 aromatic carbocycles. The Hall–Kier alpha value is -1.35. The van der Waals surface area contributed by atoms with Gasteiger partial charge in [0.15, 0.2) is 0 Å². The number of hydrogen-bond donors (Lipinski definition) is 1. The summed E-state index contributed by atoms with van der Waals surface area (Å²) < 4.78 is 15.1. The summed E-state index contributed by atoms with van der Waals surface area (Å²) in [6.45, 7) is 17.8. The minimum atomic E-state index is -2.22. The van der Waals surface area contributed by atoms with Crippen LogP contribution in [0.4, 0.5) is 0 Å². The Balaban J connectivity index is 2.86. The topological polar surface area (TPSA) is 69.6 Å². The van der Waals surface area contributed by atoms with Gasteiger partial charge in [-0.3, -0.25) is 0 Å². The van der Waals surface area contributed by atoms with Crippen molar-refractivity contribution < 1.29 is 42.0 Å². The average molecular weight is 647 g/mol. The van der Waals surface area contributed by atoms with Gasteiger partial charge < -0.3 is 0 Å². The zero-order valence-corrected chi connectivity index (χ0v) is 27.7. The van der Waals surface area contributed by atoms with Gasteiger partial charge in [0.05, 0.1) is 0 Å². The fourth-order valence-corrected chi connectivity index (χ4v) is 17.4. The fraction of sp³-hybridized carbons (Fsp3) is 0.583. The van der Waals surface area contributed by atoms with Crippen molar-refractivity contribution in [1.82, 2.24) is 9.55 Å². The van der Waals surface area contributed by atoms with Crippen LogP contribution in [0, 0.1) is 0 Å². The van der Waals surface area contributed by atoms with Crippen molar-refractivity contribution in [2.75, 3.05) is 13.7 Å². The number of ether oxygens (including phenoxy) is 1. The second-order valence-corrected chi connectivity index (χ2v) is 20.2. The molecule has 0 atom stereocenters. The van der Waals surface area contributed by atoms with Gasteiger partial charge in [-0.25, -0.2) is 0 Å². The predicted molar refractivity (Wildman–Crippen MR) is 129 cm³/mol. The van der Waals surface area contributed by atoms with Crippen molar-refractivity contribution in [3.63, 3.8) is 0 Å². The van der Waals surface area contributed by atoms with Crippen molar-refractivity contribution in [2.24, 2.45) is 0 Å². The molecule has 2 aromatic rings. The maximum atomic E-state index is 11.7. The number of hydrogen-bond acceptors (Lipinski definition) is 4. The van der Waals surface area contributed by atoms with Crippen LogP contribution in [0.3, 0.4) is 0 Å². The van der Waals surface area contributed by atoms with E-state index in [4.69, 9.17) is 7.38 Å². The summed E-state index contributed by atoms with van der Waals surface area (Å²) in [6.07, 6.45) is 3.07. The van der Waals surface area contributed by atoms with Crippen LogP contribution in [0.2, 0.25) is 16.6 Å². The van der Waals surface area contributed by atoms with E-state index in [9.17, 15) is 9.59 Å². The Morgan fingerprint density at radius 1 is 1.06 bits per heavy atom. The van der Waals surface area contributed by atoms with E-state index in [1.807, 2.05) is 6.07 Å².